The smallest absolute Gasteiger partial charge is 0.248 e. The van der Waals surface area contributed by atoms with E-state index in [1.807, 2.05) is 0 Å². The second-order valence-electron chi connectivity index (χ2n) is 6.14. The molecule has 1 aromatic carbocycles. The predicted octanol–water partition coefficient (Wildman–Crippen LogP) is 0.862. The van der Waals surface area contributed by atoms with Crippen LogP contribution in [0.4, 0.5) is 5.69 Å². The predicted molar refractivity (Wildman–Crippen MR) is 99.1 cm³/mol. The van der Waals surface area contributed by atoms with Crippen LogP contribution in [0.15, 0.2) is 29.3 Å². The highest BCUT2D eigenvalue weighted by molar-refractivity contribution is 8.16. The molecule has 1 aromatic rings. The van der Waals surface area contributed by atoms with Crippen LogP contribution in [0.2, 0.25) is 5.02 Å². The van der Waals surface area contributed by atoms with Gasteiger partial charge in [0.1, 0.15) is 0 Å². The number of sulfone groups is 1. The molecule has 2 heterocycles. The van der Waals surface area contributed by atoms with Crippen molar-refractivity contribution in [3.8, 4) is 0 Å². The number of hydrogen-bond acceptors (Lipinski definition) is 6. The molecule has 7 nitrogen and oxygen atoms in total. The number of aliphatic imine (C=N–C) groups is 1. The Morgan fingerprint density at radius 3 is 2.69 bits per heavy atom. The molecule has 0 aliphatic carbocycles. The Kier molecular flexibility index (Phi) is 5.59. The van der Waals surface area contributed by atoms with Crippen molar-refractivity contribution in [2.24, 2.45) is 4.99 Å². The van der Waals surface area contributed by atoms with Crippen LogP contribution in [-0.2, 0) is 19.4 Å². The summed E-state index contributed by atoms with van der Waals surface area (Å²) in [6.45, 7) is 0. The Balaban J connectivity index is 1.87. The lowest BCUT2D eigenvalue weighted by Crippen LogP contribution is -2.37. The van der Waals surface area contributed by atoms with Crippen LogP contribution >= 0.6 is 23.4 Å². The van der Waals surface area contributed by atoms with Crippen LogP contribution < -0.4 is 10.0 Å². The number of para-hydroxylation sites is 1. The molecule has 0 bridgehead atoms. The van der Waals surface area contributed by atoms with E-state index in [1.54, 1.807) is 29.2 Å². The summed E-state index contributed by atoms with van der Waals surface area (Å²) in [6.07, 6.45) is -0.0700. The molecule has 2 atom stereocenters. The number of halogens is 1. The number of amidine groups is 1. The van der Waals surface area contributed by atoms with Crippen molar-refractivity contribution in [1.29, 1.82) is 0 Å². The number of anilines is 1. The molecule has 0 spiro atoms. The number of carboxylic acid groups (broad SMARTS) is 1. The Morgan fingerprint density at radius 1 is 1.27 bits per heavy atom. The van der Waals surface area contributed by atoms with Crippen molar-refractivity contribution < 1.29 is 23.1 Å². The van der Waals surface area contributed by atoms with Gasteiger partial charge in [0.25, 0.3) is 0 Å². The number of carbonyl (C=O) groups excluding carboxylic acids is 2. The second-order valence-corrected chi connectivity index (χ2v) is 9.90. The number of carbonyl (C=O) groups is 2. The molecule has 0 aromatic heterocycles. The number of amides is 1. The summed E-state index contributed by atoms with van der Waals surface area (Å²) in [5.41, 5.74) is 0.604. The van der Waals surface area contributed by atoms with Crippen molar-refractivity contribution in [2.45, 2.75) is 30.6 Å². The molecule has 2 fully saturated rings. The number of thioether (sulfide) groups is 1. The first kappa shape index (κ1) is 19.2. The average Bonchev–Trinajstić information content (AvgIpc) is 2.98. The van der Waals surface area contributed by atoms with Gasteiger partial charge in [-0.2, -0.15) is 4.99 Å². The molecule has 0 unspecified atom stereocenters. The molecule has 10 heteroatoms. The van der Waals surface area contributed by atoms with Gasteiger partial charge in [-0.1, -0.05) is 35.5 Å². The normalized spacial score (nSPS) is 25.4. The van der Waals surface area contributed by atoms with Gasteiger partial charge >= 0.3 is 0 Å². The molecule has 3 rings (SSSR count). The Labute approximate surface area is 160 Å². The number of fused-ring (bicyclic) bond motifs is 1. The largest absolute Gasteiger partial charge is 0.550 e. The van der Waals surface area contributed by atoms with E-state index in [4.69, 9.17) is 11.6 Å². The van der Waals surface area contributed by atoms with Gasteiger partial charge in [-0.3, -0.25) is 4.79 Å². The summed E-state index contributed by atoms with van der Waals surface area (Å²) in [6, 6.07) is 6.66. The molecule has 0 N–H and O–H groups in total. The summed E-state index contributed by atoms with van der Waals surface area (Å²) in [5.74, 6) is -1.65. The first-order valence-corrected chi connectivity index (χ1v) is 11.1. The van der Waals surface area contributed by atoms with Crippen LogP contribution in [-0.4, -0.2) is 48.3 Å². The lowest BCUT2D eigenvalue weighted by atomic mass is 10.2. The Bertz CT molecular complexity index is 871. The van der Waals surface area contributed by atoms with Gasteiger partial charge in [0.15, 0.2) is 15.0 Å². The lowest BCUT2D eigenvalue weighted by molar-refractivity contribution is -0.305. The molecule has 140 valence electrons. The monoisotopic (exact) mass is 415 g/mol. The molecular weight excluding hydrogens is 400 g/mol. The summed E-state index contributed by atoms with van der Waals surface area (Å²) >= 11 is 7.53. The number of hydrogen-bond donors (Lipinski definition) is 0. The number of carboxylic acids is 1. The first-order chi connectivity index (χ1) is 12.3. The van der Waals surface area contributed by atoms with E-state index in [0.717, 1.165) is 0 Å². The highest BCUT2D eigenvalue weighted by atomic mass is 35.5. The average molecular weight is 416 g/mol. The standard InChI is InChI=1S/C16H17ClN2O5S2/c17-10-4-1-2-5-11(10)19-12-8-26(23,24)9-13(12)25-16(19)18-14(20)6-3-7-15(21)22/h1-2,4-5,12-13H,3,6-9H2,(H,21,22)/p-1/t12-,13-/m0/s1. The highest BCUT2D eigenvalue weighted by Crippen LogP contribution is 2.42. The van der Waals surface area contributed by atoms with E-state index in [-0.39, 0.29) is 42.1 Å². The maximum absolute atomic E-state index is 12.1. The van der Waals surface area contributed by atoms with Crippen molar-refractivity contribution in [3.05, 3.63) is 29.3 Å². The van der Waals surface area contributed by atoms with Gasteiger partial charge in [-0.25, -0.2) is 8.42 Å². The molecular formula is C16H16ClN2O5S2-. The molecule has 2 saturated heterocycles. The quantitative estimate of drug-likeness (QED) is 0.701. The third-order valence-corrected chi connectivity index (χ3v) is 7.70. The van der Waals surface area contributed by atoms with Crippen LogP contribution in [0.25, 0.3) is 0 Å². The van der Waals surface area contributed by atoms with E-state index in [1.165, 1.54) is 11.8 Å². The van der Waals surface area contributed by atoms with Gasteiger partial charge in [-0.15, -0.1) is 0 Å². The fourth-order valence-electron chi connectivity index (χ4n) is 3.04. The molecule has 2 aliphatic rings. The van der Waals surface area contributed by atoms with E-state index >= 15 is 0 Å². The van der Waals surface area contributed by atoms with Crippen molar-refractivity contribution in [3.63, 3.8) is 0 Å². The maximum atomic E-state index is 12.1. The molecule has 2 aliphatic heterocycles. The lowest BCUT2D eigenvalue weighted by Gasteiger charge is -2.25. The molecule has 1 amide bonds. The van der Waals surface area contributed by atoms with Gasteiger partial charge in [-0.05, 0) is 25.0 Å². The minimum Gasteiger partial charge on any atom is -0.550 e. The van der Waals surface area contributed by atoms with Gasteiger partial charge in [0, 0.05) is 17.6 Å². The third-order valence-electron chi connectivity index (χ3n) is 4.17. The van der Waals surface area contributed by atoms with Crippen molar-refractivity contribution in [2.75, 3.05) is 16.4 Å². The van der Waals surface area contributed by atoms with Crippen LogP contribution in [0.3, 0.4) is 0 Å². The third kappa shape index (κ3) is 4.21. The zero-order valence-corrected chi connectivity index (χ0v) is 16.0. The fourth-order valence-corrected chi connectivity index (χ4v) is 7.19. The van der Waals surface area contributed by atoms with Crippen molar-refractivity contribution in [1.82, 2.24) is 0 Å². The molecule has 26 heavy (non-hydrogen) atoms. The Hall–Kier alpha value is -1.58. The van der Waals surface area contributed by atoms with Crippen molar-refractivity contribution >= 4 is 55.9 Å². The van der Waals surface area contributed by atoms with E-state index in [0.29, 0.717) is 15.9 Å². The minimum atomic E-state index is -3.15. The zero-order valence-electron chi connectivity index (χ0n) is 13.6. The number of rotatable bonds is 5. The fraction of sp³-hybridized carbons (Fsp3) is 0.438. The first-order valence-electron chi connectivity index (χ1n) is 7.99. The molecule has 0 radical (unpaired) electrons. The van der Waals surface area contributed by atoms with E-state index in [9.17, 15) is 23.1 Å². The van der Waals surface area contributed by atoms with Crippen LogP contribution in [0.1, 0.15) is 19.3 Å². The SMILES string of the molecule is O=C([O-])CCCC(=O)N=C1S[C@H]2CS(=O)(=O)C[C@@H]2N1c1ccccc1Cl. The number of benzene rings is 1. The van der Waals surface area contributed by atoms with Gasteiger partial charge < -0.3 is 14.8 Å². The van der Waals surface area contributed by atoms with E-state index in [2.05, 4.69) is 4.99 Å². The number of nitrogens with zero attached hydrogens (tertiary/aromatic N) is 2. The maximum Gasteiger partial charge on any atom is 0.248 e. The summed E-state index contributed by atoms with van der Waals surface area (Å²) in [5, 5.41) is 11.1. The summed E-state index contributed by atoms with van der Waals surface area (Å²) in [4.78, 5) is 28.4. The zero-order chi connectivity index (χ0) is 18.9. The van der Waals surface area contributed by atoms with Gasteiger partial charge in [0.2, 0.25) is 5.91 Å². The topological polar surface area (TPSA) is 107 Å². The second kappa shape index (κ2) is 7.58. The highest BCUT2D eigenvalue weighted by Gasteiger charge is 2.49. The van der Waals surface area contributed by atoms with E-state index < -0.39 is 21.7 Å². The number of aliphatic carboxylic acids is 1. The van der Waals surface area contributed by atoms with Gasteiger partial charge in [0.05, 0.1) is 28.3 Å². The van der Waals surface area contributed by atoms with Crippen LogP contribution in [0, 0.1) is 0 Å². The Morgan fingerprint density at radius 2 is 2.00 bits per heavy atom. The van der Waals surface area contributed by atoms with Crippen LogP contribution in [0.5, 0.6) is 0 Å². The summed E-state index contributed by atoms with van der Waals surface area (Å²) in [7, 11) is -3.15. The summed E-state index contributed by atoms with van der Waals surface area (Å²) < 4.78 is 24.0. The molecule has 0 saturated carbocycles. The minimum absolute atomic E-state index is 0.0119.